The summed E-state index contributed by atoms with van der Waals surface area (Å²) in [7, 11) is 0. The van der Waals surface area contributed by atoms with Crippen LogP contribution < -0.4 is 0 Å². The Morgan fingerprint density at radius 1 is 0.636 bits per heavy atom. The molecule has 0 bridgehead atoms. The molecule has 0 spiro atoms. The summed E-state index contributed by atoms with van der Waals surface area (Å²) in [5.74, 6) is 2.35. The van der Waals surface area contributed by atoms with Crippen molar-refractivity contribution in [2.45, 2.75) is 176 Å². The van der Waals surface area contributed by atoms with Gasteiger partial charge >= 0.3 is 0 Å². The van der Waals surface area contributed by atoms with E-state index in [2.05, 4.69) is 62.3 Å². The van der Waals surface area contributed by atoms with E-state index >= 15 is 0 Å². The Hall–Kier alpha value is -0.320. The Bertz CT molecular complexity index is 790. The Morgan fingerprint density at radius 3 is 1.50 bits per heavy atom. The van der Waals surface area contributed by atoms with Crippen LogP contribution in [0.25, 0.3) is 0 Å². The number of rotatable bonds is 12. The van der Waals surface area contributed by atoms with Crippen molar-refractivity contribution >= 4 is 0 Å². The van der Waals surface area contributed by atoms with Crippen molar-refractivity contribution in [3.8, 4) is 0 Å². The molecule has 260 valence electrons. The maximum absolute atomic E-state index is 9.40. The zero-order chi connectivity index (χ0) is 32.6. The first-order chi connectivity index (χ1) is 20.9. The first kappa shape index (κ1) is 38.1. The van der Waals surface area contributed by atoms with Crippen LogP contribution in [0.3, 0.4) is 0 Å². The Morgan fingerprint density at radius 2 is 1.09 bits per heavy atom. The highest BCUT2D eigenvalue weighted by Crippen LogP contribution is 2.42. The van der Waals surface area contributed by atoms with Crippen molar-refractivity contribution in [2.75, 3.05) is 19.8 Å². The lowest BCUT2D eigenvalue weighted by molar-refractivity contribution is -0.290. The summed E-state index contributed by atoms with van der Waals surface area (Å²) >= 11 is 0. The van der Waals surface area contributed by atoms with Crippen LogP contribution >= 0.6 is 0 Å². The predicted molar refractivity (Wildman–Crippen MR) is 173 cm³/mol. The molecule has 0 aliphatic carbocycles. The van der Waals surface area contributed by atoms with Crippen LogP contribution in [0.5, 0.6) is 0 Å². The minimum absolute atomic E-state index is 0.0733. The number of hydrogen-bond acceptors (Lipinski definition) is 8. The van der Waals surface area contributed by atoms with Gasteiger partial charge in [-0.15, -0.1) is 0 Å². The summed E-state index contributed by atoms with van der Waals surface area (Å²) in [6.07, 6.45) is 7.37. The number of hydrogen-bond donors (Lipinski definition) is 1. The predicted octanol–water partition coefficient (Wildman–Crippen LogP) is 6.99. The summed E-state index contributed by atoms with van der Waals surface area (Å²) < 4.78 is 42.6. The lowest BCUT2D eigenvalue weighted by Crippen LogP contribution is -2.56. The molecule has 4 aliphatic heterocycles. The molecule has 4 fully saturated rings. The van der Waals surface area contributed by atoms with Crippen LogP contribution in [0, 0.1) is 35.5 Å². The summed E-state index contributed by atoms with van der Waals surface area (Å²) in [6, 6.07) is 0. The van der Waals surface area contributed by atoms with E-state index in [-0.39, 0.29) is 73.9 Å². The Kier molecular flexibility index (Phi) is 15.8. The number of aliphatic hydroxyl groups excluding tert-OH is 1. The third-order valence-electron chi connectivity index (χ3n) is 10.4. The molecule has 4 saturated heterocycles. The molecule has 0 saturated carbocycles. The van der Waals surface area contributed by atoms with E-state index in [1.807, 2.05) is 13.8 Å². The quantitative estimate of drug-likeness (QED) is 0.232. The minimum Gasteiger partial charge on any atom is -0.396 e. The van der Waals surface area contributed by atoms with Crippen LogP contribution in [-0.4, -0.2) is 86.3 Å². The zero-order valence-electron chi connectivity index (χ0n) is 29.9. The van der Waals surface area contributed by atoms with Gasteiger partial charge in [0.05, 0.1) is 55.4 Å². The molecule has 8 nitrogen and oxygen atoms in total. The van der Waals surface area contributed by atoms with Crippen molar-refractivity contribution in [2.24, 2.45) is 35.5 Å². The normalized spacial score (nSPS) is 40.5. The van der Waals surface area contributed by atoms with E-state index in [4.69, 9.17) is 33.2 Å². The lowest BCUT2D eigenvalue weighted by atomic mass is 9.76. The van der Waals surface area contributed by atoms with Gasteiger partial charge in [-0.05, 0) is 70.6 Å². The maximum atomic E-state index is 9.40. The molecule has 14 atom stereocenters. The molecule has 4 rings (SSSR count). The van der Waals surface area contributed by atoms with Crippen LogP contribution in [0.2, 0.25) is 0 Å². The molecule has 4 heterocycles. The van der Waals surface area contributed by atoms with Crippen molar-refractivity contribution in [1.82, 2.24) is 0 Å². The van der Waals surface area contributed by atoms with Crippen molar-refractivity contribution in [3.05, 3.63) is 0 Å². The Labute approximate surface area is 269 Å². The summed E-state index contributed by atoms with van der Waals surface area (Å²) in [5.41, 5.74) is 0. The lowest BCUT2D eigenvalue weighted by Gasteiger charge is -2.50. The monoisotopic (exact) mass is 628 g/mol. The van der Waals surface area contributed by atoms with Crippen molar-refractivity contribution in [3.63, 3.8) is 0 Å². The highest BCUT2D eigenvalue weighted by Gasteiger charge is 2.48. The number of fused-ring (bicyclic) bond motifs is 2. The van der Waals surface area contributed by atoms with Gasteiger partial charge in [-0.2, -0.15) is 0 Å². The number of ether oxygens (including phenoxy) is 7. The topological polar surface area (TPSA) is 84.8 Å². The van der Waals surface area contributed by atoms with E-state index in [9.17, 15) is 5.11 Å². The fourth-order valence-electron chi connectivity index (χ4n) is 7.48. The molecule has 0 aromatic rings. The Balaban J connectivity index is 0.000000244. The fourth-order valence-corrected chi connectivity index (χ4v) is 7.48. The highest BCUT2D eigenvalue weighted by atomic mass is 16.7. The van der Waals surface area contributed by atoms with Gasteiger partial charge in [-0.3, -0.25) is 0 Å². The summed E-state index contributed by atoms with van der Waals surface area (Å²) in [6.45, 7) is 25.6. The van der Waals surface area contributed by atoms with Crippen LogP contribution in [0.1, 0.15) is 115 Å². The van der Waals surface area contributed by atoms with Gasteiger partial charge in [0, 0.05) is 37.9 Å². The third-order valence-corrected chi connectivity index (χ3v) is 10.4. The highest BCUT2D eigenvalue weighted by molar-refractivity contribution is 4.94. The first-order valence-corrected chi connectivity index (χ1v) is 18.0. The van der Waals surface area contributed by atoms with E-state index in [1.165, 1.54) is 6.42 Å². The van der Waals surface area contributed by atoms with E-state index in [0.717, 1.165) is 45.3 Å². The van der Waals surface area contributed by atoms with Crippen LogP contribution in [0.15, 0.2) is 0 Å². The second kappa shape index (κ2) is 18.3. The molecule has 8 heteroatoms. The maximum Gasteiger partial charge on any atom is 0.158 e. The summed E-state index contributed by atoms with van der Waals surface area (Å²) in [4.78, 5) is 0. The molecular formula is C36H68O8. The zero-order valence-corrected chi connectivity index (χ0v) is 29.9. The fraction of sp³-hybridized carbons (Fsp3) is 1.00. The van der Waals surface area contributed by atoms with Gasteiger partial charge in [0.1, 0.15) is 0 Å². The molecule has 0 aromatic carbocycles. The molecule has 0 radical (unpaired) electrons. The van der Waals surface area contributed by atoms with Crippen LogP contribution in [0.4, 0.5) is 0 Å². The second-order valence-electron chi connectivity index (χ2n) is 14.9. The van der Waals surface area contributed by atoms with E-state index < -0.39 is 0 Å². The van der Waals surface area contributed by atoms with Crippen LogP contribution in [-0.2, 0) is 33.2 Å². The molecule has 4 aliphatic rings. The minimum atomic E-state index is -0.0960. The second-order valence-corrected chi connectivity index (χ2v) is 14.9. The van der Waals surface area contributed by atoms with Gasteiger partial charge in [-0.1, -0.05) is 54.9 Å². The molecule has 0 amide bonds. The molecule has 44 heavy (non-hydrogen) atoms. The van der Waals surface area contributed by atoms with Gasteiger partial charge in [0.2, 0.25) is 0 Å². The van der Waals surface area contributed by atoms with Gasteiger partial charge < -0.3 is 38.3 Å². The SMILES string of the molecule is CC(C)O[C@@H]1CC[C@@H]2O[C@@H]([C@@H](C)CO)[C@@H](C)[C@@H](C)[C@H]2O1.CCCCOC[C@H](C)[C@@H]1O[C@H]2CC[C@@H](OC(C)C)O[C@@H]2[C@H](C)[C@@H]1C. The van der Waals surface area contributed by atoms with Gasteiger partial charge in [-0.25, -0.2) is 0 Å². The van der Waals surface area contributed by atoms with Crippen molar-refractivity contribution < 1.29 is 38.3 Å². The number of aliphatic hydroxyl groups is 1. The average molecular weight is 629 g/mol. The van der Waals surface area contributed by atoms with E-state index in [0.29, 0.717) is 29.6 Å². The van der Waals surface area contributed by atoms with Gasteiger partial charge in [0.25, 0.3) is 0 Å². The first-order valence-electron chi connectivity index (χ1n) is 18.0. The number of unbranched alkanes of at least 4 members (excludes halogenated alkanes) is 1. The molecular weight excluding hydrogens is 560 g/mol. The smallest absolute Gasteiger partial charge is 0.158 e. The van der Waals surface area contributed by atoms with E-state index in [1.54, 1.807) is 0 Å². The molecule has 1 N–H and O–H groups in total. The molecule has 0 aromatic heterocycles. The standard InChI is InChI=1S/C20H38O4.C16H30O4/c1-7-8-11-21-12-14(4)19-15(5)16(6)20-17(23-19)9-10-18(24-20)22-13(2)3;1-9(2)18-14-7-6-13-16(20-14)12(5)11(4)15(19-13)10(3)8-17/h13-20H,7-12H2,1-6H3;9-17H,6-8H2,1-5H3/t14-,15-,16+,17-,18-,19-,20+;10-,11-,12+,13-,14-,15-,16+/m00/s1. The summed E-state index contributed by atoms with van der Waals surface area (Å²) in [5, 5.41) is 9.40. The molecule has 0 unspecified atom stereocenters. The van der Waals surface area contributed by atoms with Gasteiger partial charge in [0.15, 0.2) is 12.6 Å². The average Bonchev–Trinajstić information content (AvgIpc) is 2.98. The van der Waals surface area contributed by atoms with Crippen molar-refractivity contribution in [1.29, 1.82) is 0 Å². The largest absolute Gasteiger partial charge is 0.396 e. The third kappa shape index (κ3) is 10.3.